The Morgan fingerprint density at radius 3 is 1.97 bits per heavy atom. The summed E-state index contributed by atoms with van der Waals surface area (Å²) in [7, 11) is 0. The van der Waals surface area contributed by atoms with Crippen molar-refractivity contribution in [1.29, 1.82) is 0 Å². The highest BCUT2D eigenvalue weighted by atomic mass is 19.2. The van der Waals surface area contributed by atoms with Crippen LogP contribution in [0.3, 0.4) is 0 Å². The minimum absolute atomic E-state index is 0.0262. The van der Waals surface area contributed by atoms with E-state index < -0.39 is 46.0 Å². The Hall–Kier alpha value is -3.26. The fourth-order valence-corrected chi connectivity index (χ4v) is 4.76. The minimum Gasteiger partial charge on any atom is -0.491 e. The molecule has 1 aliphatic heterocycles. The van der Waals surface area contributed by atoms with Gasteiger partial charge in [0, 0.05) is 17.0 Å². The molecular weight excluding hydrogens is 506 g/mol. The molecule has 0 aromatic heterocycles. The first-order valence-corrected chi connectivity index (χ1v) is 12.6. The predicted molar refractivity (Wildman–Crippen MR) is 133 cm³/mol. The van der Waals surface area contributed by atoms with Crippen LogP contribution >= 0.6 is 0 Å². The van der Waals surface area contributed by atoms with E-state index in [2.05, 4.69) is 0 Å². The normalized spacial score (nSPS) is 17.8. The summed E-state index contributed by atoms with van der Waals surface area (Å²) in [6, 6.07) is 7.58. The molecule has 1 aliphatic rings. The Kier molecular flexibility index (Phi) is 8.82. The third-order valence-corrected chi connectivity index (χ3v) is 6.81. The number of rotatable bonds is 8. The average molecular weight is 535 g/mol. The summed E-state index contributed by atoms with van der Waals surface area (Å²) in [6.45, 7) is 3.87. The molecule has 0 N–H and O–H groups in total. The van der Waals surface area contributed by atoms with Crippen LogP contribution in [0.1, 0.15) is 49.3 Å². The number of ether oxygens (including phenoxy) is 2. The van der Waals surface area contributed by atoms with Crippen LogP contribution in [0.25, 0.3) is 11.1 Å². The van der Waals surface area contributed by atoms with Gasteiger partial charge >= 0.3 is 0 Å². The van der Waals surface area contributed by atoms with Gasteiger partial charge in [0.2, 0.25) is 5.82 Å². The quantitative estimate of drug-likeness (QED) is 0.214. The molecule has 0 radical (unpaired) electrons. The number of hydrogen-bond donors (Lipinski definition) is 0. The van der Waals surface area contributed by atoms with E-state index in [1.807, 2.05) is 19.1 Å². The summed E-state index contributed by atoms with van der Waals surface area (Å²) in [5.41, 5.74) is -0.757. The molecule has 1 fully saturated rings. The van der Waals surface area contributed by atoms with Crippen molar-refractivity contribution in [3.8, 4) is 16.9 Å². The van der Waals surface area contributed by atoms with Crippen LogP contribution in [0.15, 0.2) is 48.6 Å². The van der Waals surface area contributed by atoms with Crippen molar-refractivity contribution in [3.63, 3.8) is 0 Å². The molecule has 2 unspecified atom stereocenters. The summed E-state index contributed by atoms with van der Waals surface area (Å²) in [4.78, 5) is 0. The summed E-state index contributed by atoms with van der Waals surface area (Å²) in [5, 5.41) is 0. The Bertz CT molecular complexity index is 1330. The zero-order chi connectivity index (χ0) is 27.4. The monoisotopic (exact) mass is 534 g/mol. The smallest absolute Gasteiger partial charge is 0.201 e. The molecule has 1 heterocycles. The number of aryl methyl sites for hydroxylation is 2. The molecule has 3 aromatic carbocycles. The molecule has 8 heteroatoms. The number of benzene rings is 3. The molecule has 38 heavy (non-hydrogen) atoms. The Balaban J connectivity index is 1.50. The summed E-state index contributed by atoms with van der Waals surface area (Å²) in [6.07, 6.45) is 4.92. The fraction of sp³-hybridized carbons (Fsp3) is 0.333. The SMILES string of the molecule is CC=CC1CCC(c2ccc(CCc3ccc(-c4ccc(OCC)c(F)c4F)c(F)c3F)c(F)c2F)CO1. The molecule has 3 aromatic rings. The second kappa shape index (κ2) is 12.1. The first-order chi connectivity index (χ1) is 18.3. The van der Waals surface area contributed by atoms with Gasteiger partial charge in [-0.3, -0.25) is 0 Å². The zero-order valence-electron chi connectivity index (χ0n) is 21.1. The van der Waals surface area contributed by atoms with Crippen LogP contribution in [-0.4, -0.2) is 19.3 Å². The lowest BCUT2D eigenvalue weighted by Crippen LogP contribution is -2.24. The largest absolute Gasteiger partial charge is 0.491 e. The minimum atomic E-state index is -1.36. The van der Waals surface area contributed by atoms with E-state index in [1.54, 1.807) is 6.92 Å². The van der Waals surface area contributed by atoms with Crippen LogP contribution in [0, 0.1) is 34.9 Å². The fourth-order valence-electron chi connectivity index (χ4n) is 4.76. The zero-order valence-corrected chi connectivity index (χ0v) is 21.1. The van der Waals surface area contributed by atoms with E-state index >= 15 is 0 Å². The third kappa shape index (κ3) is 5.60. The predicted octanol–water partition coefficient (Wildman–Crippen LogP) is 8.21. The average Bonchev–Trinajstić information content (AvgIpc) is 2.91. The van der Waals surface area contributed by atoms with E-state index in [0.29, 0.717) is 12.8 Å². The third-order valence-electron chi connectivity index (χ3n) is 6.81. The van der Waals surface area contributed by atoms with E-state index in [4.69, 9.17) is 9.47 Å². The number of hydrogen-bond acceptors (Lipinski definition) is 2. The van der Waals surface area contributed by atoms with Crippen molar-refractivity contribution >= 4 is 0 Å². The summed E-state index contributed by atoms with van der Waals surface area (Å²) in [5.74, 6) is -7.87. The highest BCUT2D eigenvalue weighted by Crippen LogP contribution is 2.34. The van der Waals surface area contributed by atoms with Gasteiger partial charge in [0.15, 0.2) is 34.8 Å². The first-order valence-electron chi connectivity index (χ1n) is 12.6. The topological polar surface area (TPSA) is 18.5 Å². The molecule has 4 rings (SSSR count). The molecular formula is C30H28F6O2. The molecule has 0 amide bonds. The van der Waals surface area contributed by atoms with E-state index in [1.165, 1.54) is 18.2 Å². The van der Waals surface area contributed by atoms with Crippen LogP contribution in [0.5, 0.6) is 5.75 Å². The van der Waals surface area contributed by atoms with Gasteiger partial charge in [0.05, 0.1) is 19.3 Å². The van der Waals surface area contributed by atoms with Crippen molar-refractivity contribution in [2.24, 2.45) is 0 Å². The highest BCUT2D eigenvalue weighted by Gasteiger charge is 2.26. The molecule has 2 nitrogen and oxygen atoms in total. The van der Waals surface area contributed by atoms with Crippen molar-refractivity contribution < 1.29 is 35.8 Å². The second-order valence-electron chi connectivity index (χ2n) is 9.19. The number of allylic oxidation sites excluding steroid dienone is 1. The standard InChI is InChI=1S/C30H28F6O2/c1-3-5-20-11-8-19(16-38-20)21-12-9-17(25(31)27(21)33)6-7-18-10-13-22(28(34)26(18)32)23-14-15-24(37-4-2)30(36)29(23)35/h3,5,9-10,12-15,19-20H,4,6-8,11,16H2,1-2H3. The maximum atomic E-state index is 14.9. The molecule has 202 valence electrons. The van der Waals surface area contributed by atoms with Gasteiger partial charge in [0.1, 0.15) is 0 Å². The van der Waals surface area contributed by atoms with Gasteiger partial charge in [-0.2, -0.15) is 4.39 Å². The van der Waals surface area contributed by atoms with Gasteiger partial charge in [-0.25, -0.2) is 22.0 Å². The van der Waals surface area contributed by atoms with Crippen molar-refractivity contribution in [1.82, 2.24) is 0 Å². The first kappa shape index (κ1) is 27.8. The Morgan fingerprint density at radius 1 is 0.763 bits per heavy atom. The van der Waals surface area contributed by atoms with Crippen LogP contribution < -0.4 is 4.74 Å². The van der Waals surface area contributed by atoms with Gasteiger partial charge in [-0.15, -0.1) is 0 Å². The summed E-state index contributed by atoms with van der Waals surface area (Å²) >= 11 is 0. The van der Waals surface area contributed by atoms with E-state index in [9.17, 15) is 26.3 Å². The molecule has 0 saturated carbocycles. The van der Waals surface area contributed by atoms with E-state index in [0.717, 1.165) is 18.2 Å². The highest BCUT2D eigenvalue weighted by molar-refractivity contribution is 5.66. The van der Waals surface area contributed by atoms with Crippen molar-refractivity contribution in [2.75, 3.05) is 13.2 Å². The lowest BCUT2D eigenvalue weighted by Gasteiger charge is -2.28. The molecule has 1 saturated heterocycles. The van der Waals surface area contributed by atoms with Crippen LogP contribution in [0.4, 0.5) is 26.3 Å². The van der Waals surface area contributed by atoms with Crippen molar-refractivity contribution in [2.45, 2.75) is 51.6 Å². The van der Waals surface area contributed by atoms with Crippen LogP contribution in [0.2, 0.25) is 0 Å². The Morgan fingerprint density at radius 2 is 1.37 bits per heavy atom. The summed E-state index contributed by atoms with van der Waals surface area (Å²) < 4.78 is 98.9. The van der Waals surface area contributed by atoms with Gasteiger partial charge < -0.3 is 9.47 Å². The maximum Gasteiger partial charge on any atom is 0.201 e. The van der Waals surface area contributed by atoms with E-state index in [-0.39, 0.29) is 60.5 Å². The maximum absolute atomic E-state index is 14.9. The molecule has 0 spiro atoms. The molecule has 0 bridgehead atoms. The van der Waals surface area contributed by atoms with Gasteiger partial charge in [0.25, 0.3) is 0 Å². The van der Waals surface area contributed by atoms with Crippen molar-refractivity contribution in [3.05, 3.63) is 100 Å². The van der Waals surface area contributed by atoms with Gasteiger partial charge in [-0.1, -0.05) is 36.4 Å². The molecule has 2 atom stereocenters. The Labute approximate surface area is 217 Å². The second-order valence-corrected chi connectivity index (χ2v) is 9.19. The number of halogens is 6. The van der Waals surface area contributed by atoms with Crippen LogP contribution in [-0.2, 0) is 17.6 Å². The lowest BCUT2D eigenvalue weighted by molar-refractivity contribution is 0.0317. The lowest BCUT2D eigenvalue weighted by atomic mass is 9.89. The molecule has 0 aliphatic carbocycles. The van der Waals surface area contributed by atoms with Gasteiger partial charge in [-0.05, 0) is 68.4 Å².